The highest BCUT2D eigenvalue weighted by atomic mass is 16.5. The molecule has 1 saturated heterocycles. The van der Waals surface area contributed by atoms with Crippen molar-refractivity contribution >= 4 is 17.4 Å². The summed E-state index contributed by atoms with van der Waals surface area (Å²) in [6.45, 7) is 7.06. The molecule has 148 valence electrons. The largest absolute Gasteiger partial charge is 0.496 e. The lowest BCUT2D eigenvalue weighted by Crippen LogP contribution is -2.49. The van der Waals surface area contributed by atoms with Crippen molar-refractivity contribution in [3.8, 4) is 5.75 Å². The zero-order valence-electron chi connectivity index (χ0n) is 16.9. The van der Waals surface area contributed by atoms with E-state index in [-0.39, 0.29) is 24.5 Å². The van der Waals surface area contributed by atoms with Gasteiger partial charge >= 0.3 is 0 Å². The molecule has 0 spiro atoms. The van der Waals surface area contributed by atoms with E-state index >= 15 is 0 Å². The summed E-state index contributed by atoms with van der Waals surface area (Å²) in [5.41, 5.74) is 4.04. The van der Waals surface area contributed by atoms with Gasteiger partial charge in [0, 0.05) is 44.7 Å². The van der Waals surface area contributed by atoms with Crippen molar-refractivity contribution in [2.45, 2.75) is 26.7 Å². The highest BCUT2D eigenvalue weighted by molar-refractivity contribution is 6.00. The molecule has 28 heavy (non-hydrogen) atoms. The first kappa shape index (κ1) is 19.9. The van der Waals surface area contributed by atoms with Gasteiger partial charge in [0.25, 0.3) is 0 Å². The standard InChI is InChI=1S/C23H28N2O3/c1-17-8-10-22(28-3)19(16-17)21(26)9-11-23(27)25-14-12-24(13-15-25)20-7-5-4-6-18(20)2/h4-8,10,16H,9,11-15H2,1-3H3. The lowest BCUT2D eigenvalue weighted by atomic mass is 10.0. The third kappa shape index (κ3) is 4.53. The van der Waals surface area contributed by atoms with E-state index in [0.717, 1.165) is 18.7 Å². The predicted molar refractivity (Wildman–Crippen MR) is 111 cm³/mol. The molecular weight excluding hydrogens is 352 g/mol. The van der Waals surface area contributed by atoms with Gasteiger partial charge in [-0.25, -0.2) is 0 Å². The number of ether oxygens (including phenoxy) is 1. The van der Waals surface area contributed by atoms with Crippen molar-refractivity contribution in [2.75, 3.05) is 38.2 Å². The topological polar surface area (TPSA) is 49.9 Å². The number of carbonyl (C=O) groups excluding carboxylic acids is 2. The molecule has 0 unspecified atom stereocenters. The van der Waals surface area contributed by atoms with E-state index in [9.17, 15) is 9.59 Å². The molecule has 0 N–H and O–H groups in total. The van der Waals surface area contributed by atoms with Crippen molar-refractivity contribution in [1.29, 1.82) is 0 Å². The van der Waals surface area contributed by atoms with Crippen molar-refractivity contribution in [2.24, 2.45) is 0 Å². The Kier molecular flexibility index (Phi) is 6.34. The van der Waals surface area contributed by atoms with Crippen LogP contribution in [0.4, 0.5) is 5.69 Å². The van der Waals surface area contributed by atoms with Gasteiger partial charge in [0.2, 0.25) is 5.91 Å². The number of hydrogen-bond acceptors (Lipinski definition) is 4. The molecule has 0 atom stereocenters. The number of nitrogens with zero attached hydrogens (tertiary/aromatic N) is 2. The van der Waals surface area contributed by atoms with Crippen LogP contribution in [0.3, 0.4) is 0 Å². The molecule has 0 bridgehead atoms. The maximum Gasteiger partial charge on any atom is 0.223 e. The number of hydrogen-bond donors (Lipinski definition) is 0. The van der Waals surface area contributed by atoms with E-state index in [1.54, 1.807) is 13.2 Å². The van der Waals surface area contributed by atoms with Gasteiger partial charge in [0.1, 0.15) is 5.75 Å². The minimum Gasteiger partial charge on any atom is -0.496 e. The lowest BCUT2D eigenvalue weighted by Gasteiger charge is -2.36. The van der Waals surface area contributed by atoms with E-state index < -0.39 is 0 Å². The summed E-state index contributed by atoms with van der Waals surface area (Å²) in [5, 5.41) is 0. The molecule has 1 heterocycles. The maximum absolute atomic E-state index is 12.6. The number of piperazine rings is 1. The second-order valence-corrected chi connectivity index (χ2v) is 7.28. The van der Waals surface area contributed by atoms with Crippen LogP contribution in [0, 0.1) is 13.8 Å². The molecule has 2 aromatic carbocycles. The van der Waals surface area contributed by atoms with Gasteiger partial charge in [-0.1, -0.05) is 29.8 Å². The second kappa shape index (κ2) is 8.91. The summed E-state index contributed by atoms with van der Waals surface area (Å²) in [6.07, 6.45) is 0.441. The Balaban J connectivity index is 1.53. The minimum atomic E-state index is -0.0487. The maximum atomic E-state index is 12.6. The number of amides is 1. The van der Waals surface area contributed by atoms with Crippen molar-refractivity contribution < 1.29 is 14.3 Å². The van der Waals surface area contributed by atoms with Gasteiger partial charge in [-0.05, 0) is 37.6 Å². The first-order valence-corrected chi connectivity index (χ1v) is 9.76. The SMILES string of the molecule is COc1ccc(C)cc1C(=O)CCC(=O)N1CCN(c2ccccc2C)CC1. The van der Waals surface area contributed by atoms with E-state index in [4.69, 9.17) is 4.74 Å². The molecule has 2 aromatic rings. The van der Waals surface area contributed by atoms with Crippen LogP contribution in [0.15, 0.2) is 42.5 Å². The zero-order chi connectivity index (χ0) is 20.1. The quantitative estimate of drug-likeness (QED) is 0.718. The number of aryl methyl sites for hydroxylation is 2. The van der Waals surface area contributed by atoms with Gasteiger partial charge in [-0.3, -0.25) is 9.59 Å². The number of rotatable bonds is 6. The van der Waals surface area contributed by atoms with Crippen LogP contribution in [-0.2, 0) is 4.79 Å². The number of carbonyl (C=O) groups is 2. The summed E-state index contributed by atoms with van der Waals surface area (Å²) in [4.78, 5) is 29.4. The van der Waals surface area contributed by atoms with Crippen LogP contribution in [0.2, 0.25) is 0 Å². The van der Waals surface area contributed by atoms with Crippen LogP contribution in [0.25, 0.3) is 0 Å². The second-order valence-electron chi connectivity index (χ2n) is 7.28. The van der Waals surface area contributed by atoms with E-state index in [1.807, 2.05) is 36.1 Å². The first-order valence-electron chi connectivity index (χ1n) is 9.76. The average Bonchev–Trinajstić information content (AvgIpc) is 2.72. The number of Topliss-reactive ketones (excluding diaryl/α,β-unsaturated/α-hetero) is 1. The van der Waals surface area contributed by atoms with Crippen molar-refractivity contribution in [1.82, 2.24) is 4.90 Å². The third-order valence-electron chi connectivity index (χ3n) is 5.31. The summed E-state index contributed by atoms with van der Waals surface area (Å²) in [7, 11) is 1.56. The Hall–Kier alpha value is -2.82. The Morgan fingerprint density at radius 2 is 1.68 bits per heavy atom. The molecule has 0 saturated carbocycles. The molecule has 1 aliphatic heterocycles. The smallest absolute Gasteiger partial charge is 0.223 e. The number of benzene rings is 2. The monoisotopic (exact) mass is 380 g/mol. The Morgan fingerprint density at radius 1 is 0.964 bits per heavy atom. The molecule has 1 aliphatic rings. The molecular formula is C23H28N2O3. The van der Waals surface area contributed by atoms with Crippen LogP contribution >= 0.6 is 0 Å². The lowest BCUT2D eigenvalue weighted by molar-refractivity contribution is -0.131. The van der Waals surface area contributed by atoms with Crippen LogP contribution in [0.5, 0.6) is 5.75 Å². The fourth-order valence-electron chi connectivity index (χ4n) is 3.67. The Morgan fingerprint density at radius 3 is 2.36 bits per heavy atom. The highest BCUT2D eigenvalue weighted by Crippen LogP contribution is 2.23. The molecule has 3 rings (SSSR count). The van der Waals surface area contributed by atoms with Crippen molar-refractivity contribution in [3.63, 3.8) is 0 Å². The fraction of sp³-hybridized carbons (Fsp3) is 0.391. The van der Waals surface area contributed by atoms with E-state index in [1.165, 1.54) is 11.3 Å². The predicted octanol–water partition coefficient (Wildman–Crippen LogP) is 3.62. The normalized spacial score (nSPS) is 14.1. The highest BCUT2D eigenvalue weighted by Gasteiger charge is 2.23. The third-order valence-corrected chi connectivity index (χ3v) is 5.31. The average molecular weight is 380 g/mol. The van der Waals surface area contributed by atoms with Gasteiger partial charge in [0.05, 0.1) is 12.7 Å². The first-order chi connectivity index (χ1) is 13.5. The number of para-hydroxylation sites is 1. The molecule has 5 nitrogen and oxygen atoms in total. The molecule has 5 heteroatoms. The summed E-state index contributed by atoms with van der Waals surface area (Å²) >= 11 is 0. The van der Waals surface area contributed by atoms with Crippen LogP contribution < -0.4 is 9.64 Å². The molecule has 0 aliphatic carbocycles. The molecule has 1 fully saturated rings. The zero-order valence-corrected chi connectivity index (χ0v) is 16.9. The molecule has 0 radical (unpaired) electrons. The fourth-order valence-corrected chi connectivity index (χ4v) is 3.67. The van der Waals surface area contributed by atoms with Gasteiger partial charge in [-0.15, -0.1) is 0 Å². The number of ketones is 1. The Labute approximate surface area is 166 Å². The number of methoxy groups -OCH3 is 1. The van der Waals surface area contributed by atoms with Crippen LogP contribution in [-0.4, -0.2) is 49.9 Å². The molecule has 0 aromatic heterocycles. The van der Waals surface area contributed by atoms with Crippen LogP contribution in [0.1, 0.15) is 34.3 Å². The van der Waals surface area contributed by atoms with Gasteiger partial charge in [0.15, 0.2) is 5.78 Å². The number of anilines is 1. The van der Waals surface area contributed by atoms with Crippen molar-refractivity contribution in [3.05, 3.63) is 59.2 Å². The summed E-state index contributed by atoms with van der Waals surface area (Å²) in [5.74, 6) is 0.562. The Bertz CT molecular complexity index is 855. The van der Waals surface area contributed by atoms with Gasteiger partial charge < -0.3 is 14.5 Å². The summed E-state index contributed by atoms with van der Waals surface area (Å²) < 4.78 is 5.29. The minimum absolute atomic E-state index is 0.0457. The van der Waals surface area contributed by atoms with Gasteiger partial charge in [-0.2, -0.15) is 0 Å². The van der Waals surface area contributed by atoms with E-state index in [2.05, 4.69) is 24.0 Å². The molecule has 1 amide bonds. The summed E-state index contributed by atoms with van der Waals surface area (Å²) in [6, 6.07) is 13.9. The van der Waals surface area contributed by atoms with E-state index in [0.29, 0.717) is 24.4 Å².